The minimum absolute atomic E-state index is 0.0283. The fourth-order valence-corrected chi connectivity index (χ4v) is 1.26. The Hall–Kier alpha value is -1.65. The van der Waals surface area contributed by atoms with Crippen LogP contribution in [0.3, 0.4) is 0 Å². The highest BCUT2D eigenvalue weighted by Crippen LogP contribution is 2.20. The second kappa shape index (κ2) is 5.61. The number of carboxylic acid groups (broad SMARTS) is 1. The molecular weight excluding hydrogens is 220 g/mol. The predicted octanol–water partition coefficient (Wildman–Crippen LogP) is 2.07. The number of ether oxygens (including phenoxy) is 1. The predicted molar refractivity (Wildman–Crippen MR) is 63.3 cm³/mol. The Morgan fingerprint density at radius 2 is 2.00 bits per heavy atom. The van der Waals surface area contributed by atoms with Gasteiger partial charge < -0.3 is 9.84 Å². The molecule has 0 bridgehead atoms. The first-order valence-electron chi connectivity index (χ1n) is 5.61. The first kappa shape index (κ1) is 13.4. The number of nitrogens with zero attached hydrogens (tertiary/aromatic N) is 2. The van der Waals surface area contributed by atoms with Gasteiger partial charge in [-0.1, -0.05) is 13.8 Å². The lowest BCUT2D eigenvalue weighted by Crippen LogP contribution is -2.10. The third-order valence-corrected chi connectivity index (χ3v) is 2.43. The van der Waals surface area contributed by atoms with Gasteiger partial charge in [0.1, 0.15) is 12.4 Å². The Bertz CT molecular complexity index is 416. The second-order valence-electron chi connectivity index (χ2n) is 4.24. The smallest absolute Gasteiger partial charge is 0.306 e. The van der Waals surface area contributed by atoms with Gasteiger partial charge in [0.15, 0.2) is 0 Å². The molecule has 0 fully saturated rings. The third-order valence-electron chi connectivity index (χ3n) is 2.43. The summed E-state index contributed by atoms with van der Waals surface area (Å²) in [7, 11) is 0. The molecule has 0 unspecified atom stereocenters. The zero-order chi connectivity index (χ0) is 13.0. The number of hydrogen-bond donors (Lipinski definition) is 1. The summed E-state index contributed by atoms with van der Waals surface area (Å²) in [5.41, 5.74) is 1.73. The van der Waals surface area contributed by atoms with E-state index >= 15 is 0 Å². The second-order valence-corrected chi connectivity index (χ2v) is 4.24. The van der Waals surface area contributed by atoms with Crippen molar-refractivity contribution in [3.63, 3.8) is 0 Å². The molecule has 0 atom stereocenters. The van der Waals surface area contributed by atoms with E-state index in [0.717, 1.165) is 17.1 Å². The topological polar surface area (TPSA) is 72.3 Å². The molecule has 0 amide bonds. The molecule has 1 aromatic heterocycles. The van der Waals surface area contributed by atoms with Crippen LogP contribution in [0.25, 0.3) is 0 Å². The van der Waals surface area contributed by atoms with Gasteiger partial charge in [0.05, 0.1) is 6.42 Å². The molecule has 1 heterocycles. The standard InChI is InChI=1S/C12H18N2O3/c1-7(2)11-13-9(4)8(3)12(14-11)17-6-5-10(15)16/h7H,5-6H2,1-4H3,(H,15,16). The fourth-order valence-electron chi connectivity index (χ4n) is 1.26. The van der Waals surface area contributed by atoms with Crippen molar-refractivity contribution in [2.24, 2.45) is 0 Å². The molecule has 0 spiro atoms. The van der Waals surface area contributed by atoms with Crippen molar-refractivity contribution in [1.29, 1.82) is 0 Å². The van der Waals surface area contributed by atoms with Crippen LogP contribution in [0.1, 0.15) is 43.3 Å². The third kappa shape index (κ3) is 3.69. The van der Waals surface area contributed by atoms with Gasteiger partial charge in [-0.25, -0.2) is 4.98 Å². The summed E-state index contributed by atoms with van der Waals surface area (Å²) in [6.07, 6.45) is -0.0283. The van der Waals surface area contributed by atoms with Crippen molar-refractivity contribution < 1.29 is 14.6 Å². The van der Waals surface area contributed by atoms with E-state index in [-0.39, 0.29) is 18.9 Å². The fraction of sp³-hybridized carbons (Fsp3) is 0.583. The van der Waals surface area contributed by atoms with Crippen LogP contribution in [0.15, 0.2) is 0 Å². The summed E-state index contributed by atoms with van der Waals surface area (Å²) >= 11 is 0. The lowest BCUT2D eigenvalue weighted by Gasteiger charge is -2.12. The van der Waals surface area contributed by atoms with Crippen LogP contribution in [-0.2, 0) is 4.79 Å². The minimum atomic E-state index is -0.877. The van der Waals surface area contributed by atoms with E-state index in [1.807, 2.05) is 27.7 Å². The molecule has 1 rings (SSSR count). The van der Waals surface area contributed by atoms with Crippen LogP contribution in [0.4, 0.5) is 0 Å². The van der Waals surface area contributed by atoms with Crippen LogP contribution >= 0.6 is 0 Å². The van der Waals surface area contributed by atoms with Crippen LogP contribution in [-0.4, -0.2) is 27.7 Å². The van der Waals surface area contributed by atoms with Gasteiger partial charge in [-0.05, 0) is 13.8 Å². The largest absolute Gasteiger partial charge is 0.481 e. The molecule has 0 aliphatic heterocycles. The van der Waals surface area contributed by atoms with Gasteiger partial charge in [0.25, 0.3) is 0 Å². The number of aromatic nitrogens is 2. The summed E-state index contributed by atoms with van der Waals surface area (Å²) in [5, 5.41) is 8.55. The van der Waals surface area contributed by atoms with E-state index in [1.54, 1.807) is 0 Å². The van der Waals surface area contributed by atoms with Gasteiger partial charge in [-0.2, -0.15) is 4.98 Å². The van der Waals surface area contributed by atoms with Crippen molar-refractivity contribution in [3.8, 4) is 5.88 Å². The summed E-state index contributed by atoms with van der Waals surface area (Å²) < 4.78 is 5.39. The van der Waals surface area contributed by atoms with Crippen molar-refractivity contribution >= 4 is 5.97 Å². The van der Waals surface area contributed by atoms with E-state index in [4.69, 9.17) is 9.84 Å². The molecule has 1 aromatic rings. The Balaban J connectivity index is 2.86. The molecule has 0 aliphatic rings. The Kier molecular flexibility index (Phi) is 4.43. The van der Waals surface area contributed by atoms with E-state index in [1.165, 1.54) is 0 Å². The maximum Gasteiger partial charge on any atom is 0.306 e. The SMILES string of the molecule is Cc1nc(C(C)C)nc(OCCC(=O)O)c1C. The van der Waals surface area contributed by atoms with Crippen LogP contribution in [0, 0.1) is 13.8 Å². The first-order valence-corrected chi connectivity index (χ1v) is 5.61. The molecular formula is C12H18N2O3. The van der Waals surface area contributed by atoms with Gasteiger partial charge >= 0.3 is 5.97 Å². The number of carboxylic acids is 1. The zero-order valence-corrected chi connectivity index (χ0v) is 10.6. The molecule has 1 N–H and O–H groups in total. The Morgan fingerprint density at radius 1 is 1.35 bits per heavy atom. The van der Waals surface area contributed by atoms with Gasteiger partial charge in [-0.3, -0.25) is 4.79 Å². The number of aryl methyl sites for hydroxylation is 1. The van der Waals surface area contributed by atoms with E-state index in [2.05, 4.69) is 9.97 Å². The average molecular weight is 238 g/mol. The molecule has 5 nitrogen and oxygen atoms in total. The molecule has 0 radical (unpaired) electrons. The van der Waals surface area contributed by atoms with Gasteiger partial charge in [0.2, 0.25) is 5.88 Å². The molecule has 0 aromatic carbocycles. The highest BCUT2D eigenvalue weighted by atomic mass is 16.5. The summed E-state index contributed by atoms with van der Waals surface area (Å²) in [6.45, 7) is 7.91. The molecule has 0 saturated carbocycles. The summed E-state index contributed by atoms with van der Waals surface area (Å²) in [6, 6.07) is 0. The van der Waals surface area contributed by atoms with Crippen molar-refractivity contribution in [2.75, 3.05) is 6.61 Å². The van der Waals surface area contributed by atoms with Crippen molar-refractivity contribution in [1.82, 2.24) is 9.97 Å². The van der Waals surface area contributed by atoms with Gasteiger partial charge in [0, 0.05) is 17.2 Å². The van der Waals surface area contributed by atoms with E-state index in [0.29, 0.717) is 5.88 Å². The monoisotopic (exact) mass is 238 g/mol. The molecule has 0 aliphatic carbocycles. The number of carbonyl (C=O) groups is 1. The Labute approximate surface area is 101 Å². The molecule has 94 valence electrons. The van der Waals surface area contributed by atoms with Crippen LogP contribution < -0.4 is 4.74 Å². The van der Waals surface area contributed by atoms with E-state index < -0.39 is 5.97 Å². The normalized spacial score (nSPS) is 10.6. The number of hydrogen-bond acceptors (Lipinski definition) is 4. The summed E-state index contributed by atoms with van der Waals surface area (Å²) in [5.74, 6) is 0.550. The highest BCUT2D eigenvalue weighted by Gasteiger charge is 2.11. The lowest BCUT2D eigenvalue weighted by atomic mass is 10.2. The highest BCUT2D eigenvalue weighted by molar-refractivity contribution is 5.66. The van der Waals surface area contributed by atoms with Crippen LogP contribution in [0.5, 0.6) is 5.88 Å². The maximum absolute atomic E-state index is 10.4. The molecule has 0 saturated heterocycles. The first-order chi connectivity index (χ1) is 7.91. The quantitative estimate of drug-likeness (QED) is 0.850. The number of aliphatic carboxylic acids is 1. The average Bonchev–Trinajstić information content (AvgIpc) is 2.23. The maximum atomic E-state index is 10.4. The number of rotatable bonds is 5. The van der Waals surface area contributed by atoms with Crippen molar-refractivity contribution in [2.45, 2.75) is 40.0 Å². The minimum Gasteiger partial charge on any atom is -0.481 e. The van der Waals surface area contributed by atoms with Crippen molar-refractivity contribution in [3.05, 3.63) is 17.1 Å². The molecule has 5 heteroatoms. The van der Waals surface area contributed by atoms with Crippen LogP contribution in [0.2, 0.25) is 0 Å². The van der Waals surface area contributed by atoms with Gasteiger partial charge in [-0.15, -0.1) is 0 Å². The van der Waals surface area contributed by atoms with E-state index in [9.17, 15) is 4.79 Å². The zero-order valence-electron chi connectivity index (χ0n) is 10.6. The lowest BCUT2D eigenvalue weighted by molar-refractivity contribution is -0.137. The molecule has 17 heavy (non-hydrogen) atoms. The Morgan fingerprint density at radius 3 is 2.53 bits per heavy atom. The summed E-state index contributed by atoms with van der Waals surface area (Å²) in [4.78, 5) is 19.1.